The van der Waals surface area contributed by atoms with Crippen LogP contribution in [0.15, 0.2) is 24.3 Å². The van der Waals surface area contributed by atoms with Gasteiger partial charge in [0, 0.05) is 30.8 Å². The maximum absolute atomic E-state index is 13.8. The zero-order valence-corrected chi connectivity index (χ0v) is 15.8. The van der Waals surface area contributed by atoms with Gasteiger partial charge in [-0.1, -0.05) is 6.07 Å². The fraction of sp³-hybridized carbons (Fsp3) is 0.350. The summed E-state index contributed by atoms with van der Waals surface area (Å²) >= 11 is 0. The number of nitrogens with one attached hydrogen (secondary N) is 1. The molecule has 28 heavy (non-hydrogen) atoms. The lowest BCUT2D eigenvalue weighted by Crippen LogP contribution is -2.31. The third-order valence-electron chi connectivity index (χ3n) is 4.93. The highest BCUT2D eigenvalue weighted by Crippen LogP contribution is 2.42. The summed E-state index contributed by atoms with van der Waals surface area (Å²) in [5.41, 5.74) is 2.97. The molecule has 4 rings (SSSR count). The monoisotopic (exact) mass is 386 g/mol. The van der Waals surface area contributed by atoms with Crippen LogP contribution in [0.2, 0.25) is 0 Å². The van der Waals surface area contributed by atoms with Gasteiger partial charge in [-0.05, 0) is 43.5 Å². The van der Waals surface area contributed by atoms with Gasteiger partial charge in [0.05, 0.1) is 5.39 Å². The molecule has 0 unspecified atom stereocenters. The molecule has 0 bridgehead atoms. The standard InChI is InChI=1S/C20H20F2N4O2/c1-10-6-11(2)23-19-18(10)20(25-26(19)3)28-9-17(27)24-16-8-14(16)13-5-4-12(21)7-15(13)22/h4-7,14,16H,8-9H2,1-3H3,(H,24,27)/t14-,16+/m0/s1. The molecule has 1 aliphatic carbocycles. The smallest absolute Gasteiger partial charge is 0.258 e. The lowest BCUT2D eigenvalue weighted by atomic mass is 10.1. The first kappa shape index (κ1) is 18.3. The first-order valence-electron chi connectivity index (χ1n) is 9.01. The van der Waals surface area contributed by atoms with Crippen molar-refractivity contribution < 1.29 is 18.3 Å². The van der Waals surface area contributed by atoms with Crippen LogP contribution in [0.3, 0.4) is 0 Å². The first-order chi connectivity index (χ1) is 13.3. The zero-order valence-electron chi connectivity index (χ0n) is 15.8. The van der Waals surface area contributed by atoms with Crippen molar-refractivity contribution >= 4 is 16.9 Å². The topological polar surface area (TPSA) is 69.0 Å². The number of aryl methyl sites for hydroxylation is 3. The number of pyridine rings is 1. The lowest BCUT2D eigenvalue weighted by Gasteiger charge is -2.07. The first-order valence-corrected chi connectivity index (χ1v) is 9.01. The number of hydrogen-bond acceptors (Lipinski definition) is 4. The number of ether oxygens (including phenoxy) is 1. The van der Waals surface area contributed by atoms with E-state index in [4.69, 9.17) is 4.74 Å². The third kappa shape index (κ3) is 3.42. The molecule has 3 aromatic rings. The molecule has 2 atom stereocenters. The number of carbonyl (C=O) groups excluding carboxylic acids is 1. The van der Waals surface area contributed by atoms with Gasteiger partial charge in [-0.25, -0.2) is 18.4 Å². The Morgan fingerprint density at radius 1 is 1.32 bits per heavy atom. The van der Waals surface area contributed by atoms with Gasteiger partial charge in [-0.15, -0.1) is 5.10 Å². The Morgan fingerprint density at radius 2 is 2.11 bits per heavy atom. The van der Waals surface area contributed by atoms with Crippen LogP contribution in [-0.4, -0.2) is 33.3 Å². The number of amides is 1. The summed E-state index contributed by atoms with van der Waals surface area (Å²) in [7, 11) is 1.77. The largest absolute Gasteiger partial charge is 0.466 e. The Morgan fingerprint density at radius 3 is 2.86 bits per heavy atom. The lowest BCUT2D eigenvalue weighted by molar-refractivity contribution is -0.123. The molecule has 1 aliphatic rings. The fourth-order valence-electron chi connectivity index (χ4n) is 3.53. The second kappa shape index (κ2) is 6.85. The van der Waals surface area contributed by atoms with Crippen LogP contribution in [0, 0.1) is 25.5 Å². The predicted octanol–water partition coefficient (Wildman–Crippen LogP) is 2.91. The number of nitrogens with zero attached hydrogens (tertiary/aromatic N) is 3. The quantitative estimate of drug-likeness (QED) is 0.732. The minimum Gasteiger partial charge on any atom is -0.466 e. The van der Waals surface area contributed by atoms with Gasteiger partial charge in [-0.3, -0.25) is 4.79 Å². The number of aromatic nitrogens is 3. The minimum absolute atomic E-state index is 0.144. The molecule has 0 saturated heterocycles. The molecule has 0 spiro atoms. The highest BCUT2D eigenvalue weighted by atomic mass is 19.1. The van der Waals surface area contributed by atoms with Gasteiger partial charge in [0.15, 0.2) is 12.3 Å². The molecule has 6 nitrogen and oxygen atoms in total. The summed E-state index contributed by atoms with van der Waals surface area (Å²) in [4.78, 5) is 16.7. The van der Waals surface area contributed by atoms with Crippen molar-refractivity contribution in [3.8, 4) is 5.88 Å². The van der Waals surface area contributed by atoms with E-state index in [0.717, 1.165) is 22.7 Å². The molecule has 146 valence electrons. The van der Waals surface area contributed by atoms with Gasteiger partial charge in [0.2, 0.25) is 5.88 Å². The van der Waals surface area contributed by atoms with Crippen molar-refractivity contribution in [2.45, 2.75) is 32.2 Å². The van der Waals surface area contributed by atoms with Crippen molar-refractivity contribution in [2.24, 2.45) is 7.05 Å². The Kier molecular flexibility index (Phi) is 4.49. The summed E-state index contributed by atoms with van der Waals surface area (Å²) in [5.74, 6) is -1.30. The zero-order chi connectivity index (χ0) is 20.0. The Labute approximate surface area is 160 Å². The molecular weight excluding hydrogens is 366 g/mol. The van der Waals surface area contributed by atoms with E-state index in [1.165, 1.54) is 12.1 Å². The average Bonchev–Trinajstić information content (AvgIpc) is 3.28. The number of halogens is 2. The minimum atomic E-state index is -0.613. The molecule has 1 amide bonds. The van der Waals surface area contributed by atoms with Gasteiger partial charge in [-0.2, -0.15) is 0 Å². The molecule has 8 heteroatoms. The molecular formula is C20H20F2N4O2. The molecule has 2 aromatic heterocycles. The molecule has 1 saturated carbocycles. The van der Waals surface area contributed by atoms with Crippen LogP contribution in [0.1, 0.15) is 29.2 Å². The van der Waals surface area contributed by atoms with E-state index in [2.05, 4.69) is 15.4 Å². The van der Waals surface area contributed by atoms with Crippen molar-refractivity contribution in [1.82, 2.24) is 20.1 Å². The Hall–Kier alpha value is -3.03. The molecule has 1 N–H and O–H groups in total. The van der Waals surface area contributed by atoms with Crippen LogP contribution < -0.4 is 10.1 Å². The molecule has 0 radical (unpaired) electrons. The summed E-state index contributed by atoms with van der Waals surface area (Å²) in [5, 5.41) is 7.90. The maximum Gasteiger partial charge on any atom is 0.258 e. The number of benzene rings is 1. The van der Waals surface area contributed by atoms with Gasteiger partial charge in [0.25, 0.3) is 5.91 Å². The third-order valence-corrected chi connectivity index (χ3v) is 4.93. The Balaban J connectivity index is 1.39. The van der Waals surface area contributed by atoms with E-state index < -0.39 is 11.6 Å². The van der Waals surface area contributed by atoms with E-state index in [-0.39, 0.29) is 24.5 Å². The molecule has 1 aromatic carbocycles. The van der Waals surface area contributed by atoms with Gasteiger partial charge < -0.3 is 10.1 Å². The molecule has 2 heterocycles. The molecule has 1 fully saturated rings. The highest BCUT2D eigenvalue weighted by molar-refractivity contribution is 5.86. The van der Waals surface area contributed by atoms with Gasteiger partial charge >= 0.3 is 0 Å². The number of hydrogen-bond donors (Lipinski definition) is 1. The number of rotatable bonds is 5. The van der Waals surface area contributed by atoms with E-state index >= 15 is 0 Å². The fourth-order valence-corrected chi connectivity index (χ4v) is 3.53. The summed E-state index contributed by atoms with van der Waals surface area (Å²) in [6.07, 6.45) is 0.614. The van der Waals surface area contributed by atoms with E-state index in [1.54, 1.807) is 11.7 Å². The number of carbonyl (C=O) groups is 1. The van der Waals surface area contributed by atoms with Crippen molar-refractivity contribution in [3.63, 3.8) is 0 Å². The SMILES string of the molecule is Cc1cc(C)c2c(OCC(=O)N[C@@H]3C[C@H]3c3ccc(F)cc3F)nn(C)c2n1. The average molecular weight is 386 g/mol. The maximum atomic E-state index is 13.8. The van der Waals surface area contributed by atoms with Crippen LogP contribution >= 0.6 is 0 Å². The van der Waals surface area contributed by atoms with Crippen molar-refractivity contribution in [2.75, 3.05) is 6.61 Å². The summed E-state index contributed by atoms with van der Waals surface area (Å²) in [6.45, 7) is 3.65. The number of fused-ring (bicyclic) bond motifs is 1. The van der Waals surface area contributed by atoms with Crippen LogP contribution in [0.25, 0.3) is 11.0 Å². The second-order valence-corrected chi connectivity index (χ2v) is 7.18. The van der Waals surface area contributed by atoms with E-state index in [0.29, 0.717) is 23.5 Å². The van der Waals surface area contributed by atoms with E-state index in [1.807, 2.05) is 19.9 Å². The van der Waals surface area contributed by atoms with Crippen LogP contribution in [-0.2, 0) is 11.8 Å². The van der Waals surface area contributed by atoms with Crippen LogP contribution in [0.4, 0.5) is 8.78 Å². The van der Waals surface area contributed by atoms with E-state index in [9.17, 15) is 13.6 Å². The Bertz CT molecular complexity index is 1080. The molecule has 0 aliphatic heterocycles. The normalized spacial score (nSPS) is 18.3. The second-order valence-electron chi connectivity index (χ2n) is 7.18. The van der Waals surface area contributed by atoms with Gasteiger partial charge in [0.1, 0.15) is 11.6 Å². The summed E-state index contributed by atoms with van der Waals surface area (Å²) < 4.78 is 34.1. The van der Waals surface area contributed by atoms with Crippen LogP contribution in [0.5, 0.6) is 5.88 Å². The van der Waals surface area contributed by atoms with Crippen molar-refractivity contribution in [3.05, 3.63) is 52.7 Å². The van der Waals surface area contributed by atoms with Crippen molar-refractivity contribution in [1.29, 1.82) is 0 Å². The highest BCUT2D eigenvalue weighted by Gasteiger charge is 2.41. The summed E-state index contributed by atoms with van der Waals surface area (Å²) in [6, 6.07) is 5.27. The predicted molar refractivity (Wildman–Crippen MR) is 99.1 cm³/mol.